The lowest BCUT2D eigenvalue weighted by Gasteiger charge is -2.08. The van der Waals surface area contributed by atoms with Gasteiger partial charge in [-0.25, -0.2) is 13.2 Å². The maximum atomic E-state index is 13.4. The van der Waals surface area contributed by atoms with E-state index in [0.29, 0.717) is 6.07 Å². The van der Waals surface area contributed by atoms with E-state index in [1.54, 1.807) is 0 Å². The molecule has 8 heteroatoms. The first-order valence-electron chi connectivity index (χ1n) is 6.85. The fourth-order valence-electron chi connectivity index (χ4n) is 1.71. The van der Waals surface area contributed by atoms with Crippen molar-refractivity contribution in [1.82, 2.24) is 5.32 Å². The number of halogens is 3. The van der Waals surface area contributed by atoms with Crippen molar-refractivity contribution in [2.45, 2.75) is 4.90 Å². The molecule has 0 aliphatic rings. The van der Waals surface area contributed by atoms with Crippen LogP contribution < -0.4 is 10.6 Å². The third-order valence-electron chi connectivity index (χ3n) is 2.87. The number of anilines is 1. The highest BCUT2D eigenvalue weighted by molar-refractivity contribution is 8.00. The summed E-state index contributed by atoms with van der Waals surface area (Å²) in [4.78, 5) is 24.2. The second-order valence-electron chi connectivity index (χ2n) is 4.65. The maximum Gasteiger partial charge on any atom is 0.243 e. The molecule has 0 atom stereocenters. The van der Waals surface area contributed by atoms with Gasteiger partial charge in [0.2, 0.25) is 11.8 Å². The molecule has 2 N–H and O–H groups in total. The predicted octanol–water partition coefficient (Wildman–Crippen LogP) is 2.95. The number of nitrogens with one attached hydrogen (secondary N) is 2. The smallest absolute Gasteiger partial charge is 0.243 e. The van der Waals surface area contributed by atoms with Crippen LogP contribution in [0.15, 0.2) is 47.4 Å². The maximum absolute atomic E-state index is 13.4. The van der Waals surface area contributed by atoms with Gasteiger partial charge in [-0.15, -0.1) is 11.8 Å². The van der Waals surface area contributed by atoms with Crippen LogP contribution in [-0.4, -0.2) is 24.1 Å². The first kappa shape index (κ1) is 17.9. The van der Waals surface area contributed by atoms with E-state index in [0.717, 1.165) is 11.0 Å². The first-order chi connectivity index (χ1) is 11.5. The van der Waals surface area contributed by atoms with Crippen molar-refractivity contribution >= 4 is 29.3 Å². The Morgan fingerprint density at radius 1 is 0.917 bits per heavy atom. The Bertz CT molecular complexity index is 742. The molecule has 0 fully saturated rings. The van der Waals surface area contributed by atoms with Gasteiger partial charge < -0.3 is 10.6 Å². The van der Waals surface area contributed by atoms with E-state index in [1.165, 1.54) is 11.8 Å². The van der Waals surface area contributed by atoms with Gasteiger partial charge in [-0.05, 0) is 24.3 Å². The van der Waals surface area contributed by atoms with E-state index in [1.807, 2.05) is 30.3 Å². The van der Waals surface area contributed by atoms with E-state index in [-0.39, 0.29) is 11.7 Å². The normalized spacial score (nSPS) is 10.3. The minimum absolute atomic E-state index is 0.108. The Kier molecular flexibility index (Phi) is 6.25. The van der Waals surface area contributed by atoms with Crippen LogP contribution in [-0.2, 0) is 9.59 Å². The van der Waals surface area contributed by atoms with Crippen molar-refractivity contribution in [2.75, 3.05) is 17.6 Å². The van der Waals surface area contributed by atoms with Crippen LogP contribution in [0, 0.1) is 17.5 Å². The molecule has 0 heterocycles. The molecule has 0 spiro atoms. The van der Waals surface area contributed by atoms with Gasteiger partial charge in [0, 0.05) is 4.90 Å². The summed E-state index contributed by atoms with van der Waals surface area (Å²) < 4.78 is 39.2. The Labute approximate surface area is 140 Å². The third kappa shape index (κ3) is 5.02. The molecule has 0 aliphatic heterocycles. The van der Waals surface area contributed by atoms with Crippen molar-refractivity contribution in [2.24, 2.45) is 0 Å². The van der Waals surface area contributed by atoms with Crippen LogP contribution in [0.2, 0.25) is 0 Å². The van der Waals surface area contributed by atoms with Crippen LogP contribution in [0.5, 0.6) is 0 Å². The summed E-state index contributed by atoms with van der Waals surface area (Å²) in [6.45, 7) is -0.410. The minimum Gasteiger partial charge on any atom is -0.346 e. The third-order valence-corrected chi connectivity index (χ3v) is 3.88. The van der Waals surface area contributed by atoms with Crippen LogP contribution in [0.4, 0.5) is 18.9 Å². The standard InChI is InChI=1S/C16H13F3N2O2S/c17-11-6-7-12(16(19)15(11)18)21-13(22)8-20-14(23)9-24-10-4-2-1-3-5-10/h1-7H,8-9H2,(H,20,23)(H,21,22). The van der Waals surface area contributed by atoms with Crippen molar-refractivity contribution in [3.8, 4) is 0 Å². The van der Waals surface area contributed by atoms with Gasteiger partial charge in [-0.1, -0.05) is 18.2 Å². The van der Waals surface area contributed by atoms with Crippen LogP contribution >= 0.6 is 11.8 Å². The number of benzene rings is 2. The highest BCUT2D eigenvalue weighted by Crippen LogP contribution is 2.19. The lowest BCUT2D eigenvalue weighted by Crippen LogP contribution is -2.34. The van der Waals surface area contributed by atoms with Crippen LogP contribution in [0.3, 0.4) is 0 Å². The van der Waals surface area contributed by atoms with Crippen molar-refractivity contribution in [3.05, 3.63) is 59.9 Å². The Morgan fingerprint density at radius 3 is 2.33 bits per heavy atom. The van der Waals surface area contributed by atoms with Gasteiger partial charge in [0.1, 0.15) is 0 Å². The average molecular weight is 354 g/mol. The Hall–Kier alpha value is -2.48. The number of carbonyl (C=O) groups is 2. The molecule has 0 aliphatic carbocycles. The molecule has 2 rings (SSSR count). The van der Waals surface area contributed by atoms with Gasteiger partial charge in [-0.3, -0.25) is 9.59 Å². The summed E-state index contributed by atoms with van der Waals surface area (Å²) in [5.41, 5.74) is -0.494. The van der Waals surface area contributed by atoms with Crippen molar-refractivity contribution < 1.29 is 22.8 Å². The Morgan fingerprint density at radius 2 is 1.62 bits per heavy atom. The zero-order valence-corrected chi connectivity index (χ0v) is 13.1. The van der Waals surface area contributed by atoms with Gasteiger partial charge in [0.25, 0.3) is 0 Å². The molecule has 0 unspecified atom stereocenters. The summed E-state index contributed by atoms with van der Waals surface area (Å²) in [5, 5.41) is 4.42. The molecule has 0 saturated carbocycles. The highest BCUT2D eigenvalue weighted by Gasteiger charge is 2.15. The van der Waals surface area contributed by atoms with E-state index in [4.69, 9.17) is 0 Å². The predicted molar refractivity (Wildman–Crippen MR) is 85.1 cm³/mol. The molecule has 0 aromatic heterocycles. The van der Waals surface area contributed by atoms with Gasteiger partial charge in [0.05, 0.1) is 18.0 Å². The number of rotatable bonds is 6. The second-order valence-corrected chi connectivity index (χ2v) is 5.70. The van der Waals surface area contributed by atoms with Crippen LogP contribution in [0.25, 0.3) is 0 Å². The molecular weight excluding hydrogens is 341 g/mol. The molecule has 2 aromatic rings. The van der Waals surface area contributed by atoms with E-state index < -0.39 is 35.6 Å². The number of hydrogen-bond acceptors (Lipinski definition) is 3. The van der Waals surface area contributed by atoms with Gasteiger partial charge in [-0.2, -0.15) is 0 Å². The molecule has 4 nitrogen and oxygen atoms in total. The number of hydrogen-bond donors (Lipinski definition) is 2. The molecule has 2 amide bonds. The monoisotopic (exact) mass is 354 g/mol. The zero-order valence-electron chi connectivity index (χ0n) is 12.3. The number of amides is 2. The summed E-state index contributed by atoms with van der Waals surface area (Å²) in [6, 6.07) is 10.8. The first-order valence-corrected chi connectivity index (χ1v) is 7.84. The Balaban J connectivity index is 1.79. The summed E-state index contributed by atoms with van der Waals surface area (Å²) in [5.74, 6) is -5.54. The molecule has 0 radical (unpaired) electrons. The second kappa shape index (κ2) is 8.39. The highest BCUT2D eigenvalue weighted by atomic mass is 32.2. The quantitative estimate of drug-likeness (QED) is 0.619. The molecule has 2 aromatic carbocycles. The van der Waals surface area contributed by atoms with E-state index >= 15 is 0 Å². The number of carbonyl (C=O) groups excluding carboxylic acids is 2. The lowest BCUT2D eigenvalue weighted by atomic mass is 10.2. The molecule has 24 heavy (non-hydrogen) atoms. The summed E-state index contributed by atoms with van der Waals surface area (Å²) in [6.07, 6.45) is 0. The van der Waals surface area contributed by atoms with Crippen LogP contribution in [0.1, 0.15) is 0 Å². The molecule has 0 saturated heterocycles. The zero-order chi connectivity index (χ0) is 17.5. The number of thioether (sulfide) groups is 1. The largest absolute Gasteiger partial charge is 0.346 e. The fraction of sp³-hybridized carbons (Fsp3) is 0.125. The topological polar surface area (TPSA) is 58.2 Å². The van der Waals surface area contributed by atoms with Gasteiger partial charge in [0.15, 0.2) is 17.5 Å². The lowest BCUT2D eigenvalue weighted by molar-refractivity contribution is -0.122. The molecular formula is C16H13F3N2O2S. The van der Waals surface area contributed by atoms with E-state index in [2.05, 4.69) is 10.6 Å². The summed E-state index contributed by atoms with van der Waals surface area (Å²) in [7, 11) is 0. The van der Waals surface area contributed by atoms with Crippen molar-refractivity contribution in [1.29, 1.82) is 0 Å². The molecule has 0 bridgehead atoms. The SMILES string of the molecule is O=C(CSc1ccccc1)NCC(=O)Nc1ccc(F)c(F)c1F. The van der Waals surface area contributed by atoms with Gasteiger partial charge >= 0.3 is 0 Å². The fourth-order valence-corrected chi connectivity index (χ4v) is 2.46. The summed E-state index contributed by atoms with van der Waals surface area (Å²) >= 11 is 1.30. The molecule has 126 valence electrons. The average Bonchev–Trinajstić information content (AvgIpc) is 2.59. The minimum atomic E-state index is -1.67. The van der Waals surface area contributed by atoms with E-state index in [9.17, 15) is 22.8 Å². The van der Waals surface area contributed by atoms with Crippen molar-refractivity contribution in [3.63, 3.8) is 0 Å².